The van der Waals surface area contributed by atoms with Crippen molar-refractivity contribution in [3.8, 4) is 0 Å². The number of hydrogen-bond acceptors (Lipinski definition) is 6. The molecule has 17 heavy (non-hydrogen) atoms. The number of methoxy groups -OCH3 is 1. The van der Waals surface area contributed by atoms with Gasteiger partial charge in [0.25, 0.3) is 0 Å². The Balaban J connectivity index is 2.10. The molecule has 0 aliphatic carbocycles. The lowest BCUT2D eigenvalue weighted by molar-refractivity contribution is -0.101. The van der Waals surface area contributed by atoms with E-state index < -0.39 is 5.60 Å². The molecule has 0 amide bonds. The maximum atomic E-state index is 5.60. The van der Waals surface area contributed by atoms with Gasteiger partial charge in [-0.25, -0.2) is 0 Å². The average molecular weight is 241 g/mol. The van der Waals surface area contributed by atoms with E-state index in [1.807, 2.05) is 6.92 Å². The minimum absolute atomic E-state index is 0.438. The van der Waals surface area contributed by atoms with Gasteiger partial charge in [0, 0.05) is 33.2 Å². The van der Waals surface area contributed by atoms with Crippen molar-refractivity contribution in [3.63, 3.8) is 0 Å². The molecule has 0 spiro atoms. The van der Waals surface area contributed by atoms with Crippen LogP contribution in [0, 0.1) is 0 Å². The summed E-state index contributed by atoms with van der Waals surface area (Å²) in [6.45, 7) is 4.85. The highest BCUT2D eigenvalue weighted by atomic mass is 16.5. The molecule has 1 saturated heterocycles. The summed E-state index contributed by atoms with van der Waals surface area (Å²) in [5.41, 5.74) is -0.438. The van der Waals surface area contributed by atoms with Gasteiger partial charge in [-0.2, -0.15) is 4.98 Å². The lowest BCUT2D eigenvalue weighted by Gasteiger charge is -2.32. The Labute approximate surface area is 101 Å². The Morgan fingerprint density at radius 1 is 1.41 bits per heavy atom. The summed E-state index contributed by atoms with van der Waals surface area (Å²) in [6, 6.07) is 0. The first-order valence-corrected chi connectivity index (χ1v) is 5.97. The SMILES string of the molecule is CCNCc1nc(C2(OC)CCOCC2)no1. The normalized spacial score (nSPS) is 19.4. The molecule has 1 aromatic heterocycles. The highest BCUT2D eigenvalue weighted by Crippen LogP contribution is 2.33. The van der Waals surface area contributed by atoms with Crippen LogP contribution in [0.2, 0.25) is 0 Å². The Morgan fingerprint density at radius 3 is 2.82 bits per heavy atom. The van der Waals surface area contributed by atoms with Gasteiger partial charge in [0.05, 0.1) is 6.54 Å². The third-order valence-corrected chi connectivity index (χ3v) is 3.09. The molecule has 1 aliphatic heterocycles. The molecule has 1 aliphatic rings. The van der Waals surface area contributed by atoms with E-state index in [0.29, 0.717) is 31.5 Å². The van der Waals surface area contributed by atoms with Gasteiger partial charge in [-0.1, -0.05) is 12.1 Å². The summed E-state index contributed by atoms with van der Waals surface area (Å²) in [5.74, 6) is 1.24. The van der Waals surface area contributed by atoms with E-state index >= 15 is 0 Å². The molecule has 6 nitrogen and oxygen atoms in total. The van der Waals surface area contributed by atoms with Crippen LogP contribution in [0.15, 0.2) is 4.52 Å². The molecule has 96 valence electrons. The van der Waals surface area contributed by atoms with Crippen molar-refractivity contribution < 1.29 is 14.0 Å². The molecule has 0 bridgehead atoms. The van der Waals surface area contributed by atoms with Crippen LogP contribution in [0.5, 0.6) is 0 Å². The van der Waals surface area contributed by atoms with Gasteiger partial charge >= 0.3 is 0 Å². The predicted molar refractivity (Wildman–Crippen MR) is 60.4 cm³/mol. The monoisotopic (exact) mass is 241 g/mol. The second-order valence-electron chi connectivity index (χ2n) is 4.10. The van der Waals surface area contributed by atoms with E-state index in [1.54, 1.807) is 7.11 Å². The zero-order valence-electron chi connectivity index (χ0n) is 10.4. The summed E-state index contributed by atoms with van der Waals surface area (Å²) in [7, 11) is 1.69. The Bertz CT molecular complexity index is 347. The van der Waals surface area contributed by atoms with E-state index in [4.69, 9.17) is 14.0 Å². The standard InChI is InChI=1S/C11H19N3O3/c1-3-12-8-9-13-10(14-17-9)11(15-2)4-6-16-7-5-11/h12H,3-8H2,1-2H3. The van der Waals surface area contributed by atoms with Crippen LogP contribution >= 0.6 is 0 Å². The number of aromatic nitrogens is 2. The van der Waals surface area contributed by atoms with Crippen molar-refractivity contribution in [2.75, 3.05) is 26.9 Å². The second-order valence-corrected chi connectivity index (χ2v) is 4.10. The lowest BCUT2D eigenvalue weighted by Crippen LogP contribution is -2.36. The summed E-state index contributed by atoms with van der Waals surface area (Å²) in [5, 5.41) is 7.18. The summed E-state index contributed by atoms with van der Waals surface area (Å²) in [6.07, 6.45) is 1.54. The molecule has 2 heterocycles. The van der Waals surface area contributed by atoms with Gasteiger partial charge in [0.2, 0.25) is 11.7 Å². The number of nitrogens with zero attached hydrogens (tertiary/aromatic N) is 2. The van der Waals surface area contributed by atoms with Crippen molar-refractivity contribution in [2.45, 2.75) is 31.9 Å². The van der Waals surface area contributed by atoms with Gasteiger partial charge in [0.15, 0.2) is 0 Å². The fraction of sp³-hybridized carbons (Fsp3) is 0.818. The minimum atomic E-state index is -0.438. The van der Waals surface area contributed by atoms with Crippen LogP contribution in [-0.2, 0) is 21.6 Å². The smallest absolute Gasteiger partial charge is 0.240 e. The van der Waals surface area contributed by atoms with Gasteiger partial charge in [-0.05, 0) is 6.54 Å². The van der Waals surface area contributed by atoms with Gasteiger partial charge in [-0.3, -0.25) is 0 Å². The van der Waals surface area contributed by atoms with E-state index in [0.717, 1.165) is 19.4 Å². The maximum absolute atomic E-state index is 5.60. The number of nitrogens with one attached hydrogen (secondary N) is 1. The van der Waals surface area contributed by atoms with Crippen molar-refractivity contribution in [1.29, 1.82) is 0 Å². The van der Waals surface area contributed by atoms with Crippen LogP contribution in [0.1, 0.15) is 31.5 Å². The predicted octanol–water partition coefficient (Wildman–Crippen LogP) is 0.831. The zero-order valence-corrected chi connectivity index (χ0v) is 10.4. The summed E-state index contributed by atoms with van der Waals surface area (Å²) < 4.78 is 16.1. The average Bonchev–Trinajstić information content (AvgIpc) is 2.86. The number of rotatable bonds is 5. The van der Waals surface area contributed by atoms with Gasteiger partial charge in [-0.15, -0.1) is 0 Å². The first-order chi connectivity index (χ1) is 8.30. The molecular weight excluding hydrogens is 222 g/mol. The van der Waals surface area contributed by atoms with E-state index in [2.05, 4.69) is 15.5 Å². The molecule has 1 N–H and O–H groups in total. The first kappa shape index (κ1) is 12.5. The van der Waals surface area contributed by atoms with E-state index in [1.165, 1.54) is 0 Å². The molecule has 0 unspecified atom stereocenters. The van der Waals surface area contributed by atoms with Crippen LogP contribution in [-0.4, -0.2) is 37.0 Å². The van der Waals surface area contributed by atoms with Crippen LogP contribution < -0.4 is 5.32 Å². The molecule has 1 fully saturated rings. The van der Waals surface area contributed by atoms with Crippen molar-refractivity contribution >= 4 is 0 Å². The Morgan fingerprint density at radius 2 is 2.18 bits per heavy atom. The summed E-state index contributed by atoms with van der Waals surface area (Å²) in [4.78, 5) is 4.39. The highest BCUT2D eigenvalue weighted by Gasteiger charge is 2.39. The third kappa shape index (κ3) is 2.65. The molecule has 0 saturated carbocycles. The molecule has 0 atom stereocenters. The fourth-order valence-electron chi connectivity index (χ4n) is 1.96. The maximum Gasteiger partial charge on any atom is 0.240 e. The number of ether oxygens (including phenoxy) is 2. The van der Waals surface area contributed by atoms with Crippen LogP contribution in [0.4, 0.5) is 0 Å². The minimum Gasteiger partial charge on any atom is -0.381 e. The van der Waals surface area contributed by atoms with Crippen LogP contribution in [0.25, 0.3) is 0 Å². The number of hydrogen-bond donors (Lipinski definition) is 1. The Kier molecular flexibility index (Phi) is 4.09. The molecular formula is C11H19N3O3. The molecule has 0 aromatic carbocycles. The molecule has 1 aromatic rings. The largest absolute Gasteiger partial charge is 0.381 e. The van der Waals surface area contributed by atoms with Crippen molar-refractivity contribution in [2.24, 2.45) is 0 Å². The summed E-state index contributed by atoms with van der Waals surface area (Å²) >= 11 is 0. The molecule has 2 rings (SSSR count). The van der Waals surface area contributed by atoms with Crippen molar-refractivity contribution in [1.82, 2.24) is 15.5 Å². The van der Waals surface area contributed by atoms with Gasteiger partial charge < -0.3 is 19.3 Å². The first-order valence-electron chi connectivity index (χ1n) is 5.97. The van der Waals surface area contributed by atoms with Crippen molar-refractivity contribution in [3.05, 3.63) is 11.7 Å². The van der Waals surface area contributed by atoms with E-state index in [9.17, 15) is 0 Å². The second kappa shape index (κ2) is 5.57. The third-order valence-electron chi connectivity index (χ3n) is 3.09. The Hall–Kier alpha value is -0.980. The van der Waals surface area contributed by atoms with Gasteiger partial charge in [0.1, 0.15) is 5.60 Å². The van der Waals surface area contributed by atoms with Crippen LogP contribution in [0.3, 0.4) is 0 Å². The van der Waals surface area contributed by atoms with E-state index in [-0.39, 0.29) is 0 Å². The molecule has 6 heteroatoms. The molecule has 0 radical (unpaired) electrons. The topological polar surface area (TPSA) is 69.4 Å². The zero-order chi connectivity index (χ0) is 12.1. The highest BCUT2D eigenvalue weighted by molar-refractivity contribution is 5.03. The fourth-order valence-corrected chi connectivity index (χ4v) is 1.96. The quantitative estimate of drug-likeness (QED) is 0.823. The lowest BCUT2D eigenvalue weighted by atomic mass is 9.93.